The third-order valence-corrected chi connectivity index (χ3v) is 2.50. The van der Waals surface area contributed by atoms with Crippen LogP contribution in [0.4, 0.5) is 0 Å². The molecule has 0 saturated carbocycles. The molecule has 0 aromatic heterocycles. The van der Waals surface area contributed by atoms with Crippen LogP contribution < -0.4 is 5.32 Å². The Labute approximate surface area is 103 Å². The molecule has 0 aliphatic rings. The molecule has 0 saturated heterocycles. The summed E-state index contributed by atoms with van der Waals surface area (Å²) in [6, 6.07) is 7.78. The second kappa shape index (κ2) is 8.57. The van der Waals surface area contributed by atoms with Crippen LogP contribution in [0.1, 0.15) is 25.3 Å². The molecule has 1 rings (SSSR count). The minimum Gasteiger partial charge on any atom is -0.377 e. The molecule has 3 heteroatoms. The van der Waals surface area contributed by atoms with Crippen LogP contribution in [0.25, 0.3) is 0 Å². The summed E-state index contributed by atoms with van der Waals surface area (Å²) in [6.45, 7) is 5.78. The molecule has 1 aromatic rings. The van der Waals surface area contributed by atoms with Gasteiger partial charge in [0, 0.05) is 11.6 Å². The topological polar surface area (TPSA) is 21.3 Å². The Kier molecular flexibility index (Phi) is 7.23. The van der Waals surface area contributed by atoms with Gasteiger partial charge in [-0.05, 0) is 43.6 Å². The average Bonchev–Trinajstić information content (AvgIpc) is 2.30. The van der Waals surface area contributed by atoms with Crippen molar-refractivity contribution in [3.8, 4) is 0 Å². The van der Waals surface area contributed by atoms with Gasteiger partial charge >= 0.3 is 0 Å². The van der Waals surface area contributed by atoms with Crippen LogP contribution in [0.5, 0.6) is 0 Å². The molecular formula is C13H20ClNO. The van der Waals surface area contributed by atoms with Crippen molar-refractivity contribution in [3.63, 3.8) is 0 Å². The summed E-state index contributed by atoms with van der Waals surface area (Å²) in [5.74, 6) is 0. The summed E-state index contributed by atoms with van der Waals surface area (Å²) >= 11 is 5.79. The van der Waals surface area contributed by atoms with Crippen LogP contribution >= 0.6 is 11.6 Å². The number of ether oxygens (including phenoxy) is 1. The van der Waals surface area contributed by atoms with Gasteiger partial charge in [0.05, 0.1) is 6.61 Å². The molecule has 0 radical (unpaired) electrons. The summed E-state index contributed by atoms with van der Waals surface area (Å²) < 4.78 is 5.56. The third kappa shape index (κ3) is 6.11. The fraction of sp³-hybridized carbons (Fsp3) is 0.538. The lowest BCUT2D eigenvalue weighted by Crippen LogP contribution is -2.17. The molecule has 0 bridgehead atoms. The van der Waals surface area contributed by atoms with E-state index in [1.54, 1.807) is 0 Å². The first-order valence-corrected chi connectivity index (χ1v) is 6.23. The Hall–Kier alpha value is -0.570. The molecule has 1 N–H and O–H groups in total. The van der Waals surface area contributed by atoms with E-state index in [-0.39, 0.29) is 0 Å². The molecule has 0 aliphatic carbocycles. The Morgan fingerprint density at radius 3 is 2.62 bits per heavy atom. The van der Waals surface area contributed by atoms with E-state index in [0.717, 1.165) is 31.1 Å². The van der Waals surface area contributed by atoms with E-state index < -0.39 is 0 Å². The smallest absolute Gasteiger partial charge is 0.0716 e. The average molecular weight is 242 g/mol. The first-order valence-electron chi connectivity index (χ1n) is 5.86. The Balaban J connectivity index is 2.01. The van der Waals surface area contributed by atoms with Gasteiger partial charge in [0.1, 0.15) is 0 Å². The standard InChI is InChI=1S/C13H20ClNO/c1-2-8-15-9-3-10-16-11-12-4-6-13(14)7-5-12/h4-7,15H,2-3,8-11H2,1H3. The second-order valence-electron chi connectivity index (χ2n) is 3.78. The number of rotatable bonds is 8. The van der Waals surface area contributed by atoms with Gasteiger partial charge in [-0.1, -0.05) is 30.7 Å². The molecule has 16 heavy (non-hydrogen) atoms. The summed E-state index contributed by atoms with van der Waals surface area (Å²) in [5.41, 5.74) is 1.17. The van der Waals surface area contributed by atoms with Gasteiger partial charge in [0.15, 0.2) is 0 Å². The van der Waals surface area contributed by atoms with Crippen LogP contribution in [0, 0.1) is 0 Å². The minimum atomic E-state index is 0.672. The quantitative estimate of drug-likeness (QED) is 0.706. The van der Waals surface area contributed by atoms with Crippen LogP contribution in [0.3, 0.4) is 0 Å². The maximum absolute atomic E-state index is 5.79. The van der Waals surface area contributed by atoms with Crippen molar-refractivity contribution in [2.24, 2.45) is 0 Å². The molecule has 1 aromatic carbocycles. The zero-order valence-electron chi connectivity index (χ0n) is 9.84. The predicted octanol–water partition coefficient (Wildman–Crippen LogP) is 3.25. The normalized spacial score (nSPS) is 10.6. The molecular weight excluding hydrogens is 222 g/mol. The summed E-state index contributed by atoms with van der Waals surface area (Å²) in [5, 5.41) is 4.11. The number of nitrogens with one attached hydrogen (secondary N) is 1. The molecule has 2 nitrogen and oxygen atoms in total. The minimum absolute atomic E-state index is 0.672. The van der Waals surface area contributed by atoms with E-state index in [2.05, 4.69) is 12.2 Å². The monoisotopic (exact) mass is 241 g/mol. The van der Waals surface area contributed by atoms with Gasteiger partial charge in [0.2, 0.25) is 0 Å². The van der Waals surface area contributed by atoms with Crippen molar-refractivity contribution < 1.29 is 4.74 Å². The maximum atomic E-state index is 5.79. The van der Waals surface area contributed by atoms with Crippen LogP contribution in [-0.4, -0.2) is 19.7 Å². The van der Waals surface area contributed by atoms with Crippen molar-refractivity contribution in [3.05, 3.63) is 34.9 Å². The Morgan fingerprint density at radius 1 is 1.19 bits per heavy atom. The predicted molar refractivity (Wildman–Crippen MR) is 68.9 cm³/mol. The molecule has 90 valence electrons. The molecule has 0 aliphatic heterocycles. The van der Waals surface area contributed by atoms with Gasteiger partial charge in [0.25, 0.3) is 0 Å². The third-order valence-electron chi connectivity index (χ3n) is 2.25. The van der Waals surface area contributed by atoms with E-state index in [1.807, 2.05) is 24.3 Å². The van der Waals surface area contributed by atoms with Gasteiger partial charge < -0.3 is 10.1 Å². The molecule has 0 amide bonds. The van der Waals surface area contributed by atoms with Crippen LogP contribution in [0.15, 0.2) is 24.3 Å². The summed E-state index contributed by atoms with van der Waals surface area (Å²) in [6.07, 6.45) is 2.25. The SMILES string of the molecule is CCCNCCCOCc1ccc(Cl)cc1. The fourth-order valence-electron chi connectivity index (χ4n) is 1.37. The van der Waals surface area contributed by atoms with Crippen molar-refractivity contribution >= 4 is 11.6 Å². The van der Waals surface area contributed by atoms with Gasteiger partial charge in [-0.3, -0.25) is 0 Å². The highest BCUT2D eigenvalue weighted by Crippen LogP contribution is 2.10. The lowest BCUT2D eigenvalue weighted by molar-refractivity contribution is 0.118. The van der Waals surface area contributed by atoms with E-state index in [9.17, 15) is 0 Å². The van der Waals surface area contributed by atoms with E-state index >= 15 is 0 Å². The largest absolute Gasteiger partial charge is 0.377 e. The highest BCUT2D eigenvalue weighted by Gasteiger charge is 1.93. The van der Waals surface area contributed by atoms with Crippen molar-refractivity contribution in [1.29, 1.82) is 0 Å². The van der Waals surface area contributed by atoms with Crippen LogP contribution in [-0.2, 0) is 11.3 Å². The lowest BCUT2D eigenvalue weighted by Gasteiger charge is -2.05. The highest BCUT2D eigenvalue weighted by molar-refractivity contribution is 6.30. The lowest BCUT2D eigenvalue weighted by atomic mass is 10.2. The number of hydrogen-bond acceptors (Lipinski definition) is 2. The van der Waals surface area contributed by atoms with Gasteiger partial charge in [-0.25, -0.2) is 0 Å². The molecule has 0 fully saturated rings. The first-order chi connectivity index (χ1) is 7.83. The first kappa shape index (κ1) is 13.5. The molecule has 0 spiro atoms. The van der Waals surface area contributed by atoms with Crippen LogP contribution in [0.2, 0.25) is 5.02 Å². The highest BCUT2D eigenvalue weighted by atomic mass is 35.5. The fourth-order valence-corrected chi connectivity index (χ4v) is 1.50. The molecule has 0 unspecified atom stereocenters. The number of benzene rings is 1. The number of halogens is 1. The van der Waals surface area contributed by atoms with Gasteiger partial charge in [-0.2, -0.15) is 0 Å². The van der Waals surface area contributed by atoms with Crippen molar-refractivity contribution in [2.45, 2.75) is 26.4 Å². The zero-order valence-corrected chi connectivity index (χ0v) is 10.6. The zero-order chi connectivity index (χ0) is 11.6. The summed E-state index contributed by atoms with van der Waals surface area (Å²) in [4.78, 5) is 0. The van der Waals surface area contributed by atoms with Gasteiger partial charge in [-0.15, -0.1) is 0 Å². The van der Waals surface area contributed by atoms with Crippen molar-refractivity contribution in [1.82, 2.24) is 5.32 Å². The number of hydrogen-bond donors (Lipinski definition) is 1. The van der Waals surface area contributed by atoms with E-state index in [4.69, 9.17) is 16.3 Å². The Bertz CT molecular complexity index is 274. The Morgan fingerprint density at radius 2 is 1.94 bits per heavy atom. The second-order valence-corrected chi connectivity index (χ2v) is 4.22. The van der Waals surface area contributed by atoms with E-state index in [0.29, 0.717) is 6.61 Å². The summed E-state index contributed by atoms with van der Waals surface area (Å²) in [7, 11) is 0. The molecule has 0 atom stereocenters. The van der Waals surface area contributed by atoms with Crippen molar-refractivity contribution in [2.75, 3.05) is 19.7 Å². The molecule has 0 heterocycles. The maximum Gasteiger partial charge on any atom is 0.0716 e. The van der Waals surface area contributed by atoms with E-state index in [1.165, 1.54) is 12.0 Å².